The van der Waals surface area contributed by atoms with Crippen LogP contribution in [0.5, 0.6) is 0 Å². The van der Waals surface area contributed by atoms with Crippen LogP contribution in [0.15, 0.2) is 81.5 Å². The number of hydrogen-bond donors (Lipinski definition) is 0. The van der Waals surface area contributed by atoms with E-state index in [2.05, 4.69) is 0 Å². The van der Waals surface area contributed by atoms with Crippen LogP contribution >= 0.6 is 0 Å². The lowest BCUT2D eigenvalue weighted by Crippen LogP contribution is -2.19. The summed E-state index contributed by atoms with van der Waals surface area (Å²) in [5, 5.41) is -1.44. The molecule has 27 heavy (non-hydrogen) atoms. The minimum Gasteiger partial charge on any atom is -0.292 e. The first-order chi connectivity index (χ1) is 12.8. The van der Waals surface area contributed by atoms with Crippen molar-refractivity contribution in [1.82, 2.24) is 0 Å². The zero-order valence-corrected chi connectivity index (χ0v) is 15.3. The molecule has 0 N–H and O–H groups in total. The Balaban J connectivity index is 1.72. The van der Waals surface area contributed by atoms with Gasteiger partial charge in [0, 0.05) is 11.1 Å². The minimum atomic E-state index is -3.96. The van der Waals surface area contributed by atoms with Crippen molar-refractivity contribution in [3.8, 4) is 0 Å². The van der Waals surface area contributed by atoms with Crippen LogP contribution < -0.4 is 0 Å². The third-order valence-corrected chi connectivity index (χ3v) is 8.36. The number of benzene rings is 2. The summed E-state index contributed by atoms with van der Waals surface area (Å²) in [5.41, 5.74) is 0.186. The highest BCUT2D eigenvalue weighted by atomic mass is 32.2. The van der Waals surface area contributed by atoms with Crippen molar-refractivity contribution < 1.29 is 26.4 Å². The molecule has 2 aromatic carbocycles. The fourth-order valence-corrected chi connectivity index (χ4v) is 6.49. The van der Waals surface area contributed by atoms with E-state index in [1.807, 2.05) is 0 Å². The van der Waals surface area contributed by atoms with Crippen LogP contribution in [0.1, 0.15) is 20.7 Å². The summed E-state index contributed by atoms with van der Waals surface area (Å²) in [6.07, 6.45) is 3.29. The van der Waals surface area contributed by atoms with E-state index in [0.29, 0.717) is 0 Å². The molecule has 8 heteroatoms. The van der Waals surface area contributed by atoms with Crippen molar-refractivity contribution in [2.45, 2.75) is 15.0 Å². The van der Waals surface area contributed by atoms with E-state index in [9.17, 15) is 26.4 Å². The second-order valence-corrected chi connectivity index (χ2v) is 9.99. The lowest BCUT2D eigenvalue weighted by atomic mass is 10.1. The monoisotopic (exact) mass is 400 g/mol. The number of allylic oxidation sites excluding steroid dienone is 3. The number of carbonyl (C=O) groups is 2. The molecule has 0 bridgehead atoms. The van der Waals surface area contributed by atoms with Gasteiger partial charge in [-0.1, -0.05) is 42.5 Å². The summed E-state index contributed by atoms with van der Waals surface area (Å²) >= 11 is 0. The van der Waals surface area contributed by atoms with Gasteiger partial charge in [0.25, 0.3) is 0 Å². The van der Waals surface area contributed by atoms with Gasteiger partial charge < -0.3 is 0 Å². The number of carbonyl (C=O) groups excluding carboxylic acids is 2. The second kappa shape index (κ2) is 5.83. The summed E-state index contributed by atoms with van der Waals surface area (Å²) in [6, 6.07) is 11.7. The van der Waals surface area contributed by atoms with Gasteiger partial charge in [-0.05, 0) is 24.3 Å². The third kappa shape index (κ3) is 2.44. The van der Waals surface area contributed by atoms with Crippen LogP contribution in [0.25, 0.3) is 0 Å². The molecule has 2 aliphatic rings. The summed E-state index contributed by atoms with van der Waals surface area (Å²) in [4.78, 5) is 24.1. The van der Waals surface area contributed by atoms with Crippen LogP contribution in [0.4, 0.5) is 0 Å². The van der Waals surface area contributed by atoms with Crippen LogP contribution in [-0.4, -0.2) is 33.7 Å². The maximum absolute atomic E-state index is 12.5. The Morgan fingerprint density at radius 3 is 2.00 bits per heavy atom. The lowest BCUT2D eigenvalue weighted by molar-refractivity contribution is 0.1000. The average Bonchev–Trinajstić information content (AvgIpc) is 2.96. The largest absolute Gasteiger partial charge is 0.292 e. The maximum atomic E-state index is 12.5. The van der Waals surface area contributed by atoms with Gasteiger partial charge >= 0.3 is 0 Å². The molecule has 4 rings (SSSR count). The maximum Gasteiger partial charge on any atom is 0.211 e. The van der Waals surface area contributed by atoms with Crippen molar-refractivity contribution in [2.24, 2.45) is 0 Å². The molecule has 0 aliphatic carbocycles. The first kappa shape index (κ1) is 17.6. The predicted molar refractivity (Wildman–Crippen MR) is 96.9 cm³/mol. The normalized spacial score (nSPS) is 23.7. The molecular weight excluding hydrogens is 388 g/mol. The Morgan fingerprint density at radius 1 is 0.778 bits per heavy atom. The summed E-state index contributed by atoms with van der Waals surface area (Å²) in [5.74, 6) is -1.23. The zero-order valence-electron chi connectivity index (χ0n) is 13.7. The predicted octanol–water partition coefficient (Wildman–Crippen LogP) is 2.14. The topological polar surface area (TPSA) is 102 Å². The molecule has 2 aromatic rings. The van der Waals surface area contributed by atoms with Gasteiger partial charge in [0.15, 0.2) is 15.6 Å². The molecule has 0 saturated carbocycles. The lowest BCUT2D eigenvalue weighted by Gasteiger charge is -2.01. The summed E-state index contributed by atoms with van der Waals surface area (Å²) in [7, 11) is -7.85. The van der Waals surface area contributed by atoms with Gasteiger partial charge in [-0.3, -0.25) is 9.59 Å². The second-order valence-electron chi connectivity index (χ2n) is 6.07. The fourth-order valence-electron chi connectivity index (χ4n) is 3.21. The highest BCUT2D eigenvalue weighted by molar-refractivity contribution is 7.97. The van der Waals surface area contributed by atoms with E-state index < -0.39 is 41.4 Å². The highest BCUT2D eigenvalue weighted by Crippen LogP contribution is 2.34. The molecule has 0 spiro atoms. The molecule has 0 aromatic heterocycles. The van der Waals surface area contributed by atoms with Crippen molar-refractivity contribution in [3.63, 3.8) is 0 Å². The van der Waals surface area contributed by atoms with E-state index in [1.165, 1.54) is 36.4 Å². The Labute approximate surface area is 155 Å². The quantitative estimate of drug-likeness (QED) is 0.716. The molecule has 2 heterocycles. The molecule has 2 aliphatic heterocycles. The van der Waals surface area contributed by atoms with E-state index in [-0.39, 0.29) is 20.9 Å². The third-order valence-electron chi connectivity index (χ3n) is 4.52. The van der Waals surface area contributed by atoms with Crippen molar-refractivity contribution in [1.29, 1.82) is 0 Å². The number of ketones is 2. The molecule has 1 atom stereocenters. The van der Waals surface area contributed by atoms with Crippen LogP contribution in [0.3, 0.4) is 0 Å². The van der Waals surface area contributed by atoms with Gasteiger partial charge in [0.2, 0.25) is 15.6 Å². The molecule has 1 unspecified atom stereocenters. The van der Waals surface area contributed by atoms with Crippen molar-refractivity contribution >= 4 is 31.2 Å². The average molecular weight is 400 g/mol. The molecular formula is C19H12O6S2. The molecule has 0 saturated heterocycles. The van der Waals surface area contributed by atoms with Crippen molar-refractivity contribution in [2.75, 3.05) is 0 Å². The van der Waals surface area contributed by atoms with Gasteiger partial charge in [0.05, 0.1) is 9.79 Å². The Bertz CT molecular complexity index is 1280. The van der Waals surface area contributed by atoms with Gasteiger partial charge in [0.1, 0.15) is 10.2 Å². The Kier molecular flexibility index (Phi) is 3.79. The van der Waals surface area contributed by atoms with E-state index >= 15 is 0 Å². The van der Waals surface area contributed by atoms with E-state index in [1.54, 1.807) is 12.1 Å². The van der Waals surface area contributed by atoms with Crippen LogP contribution in [0.2, 0.25) is 0 Å². The van der Waals surface area contributed by atoms with Crippen molar-refractivity contribution in [3.05, 3.63) is 82.8 Å². The van der Waals surface area contributed by atoms with Gasteiger partial charge in [-0.25, -0.2) is 16.8 Å². The fraction of sp³-hybridized carbons (Fsp3) is 0.0526. The first-order valence-electron chi connectivity index (χ1n) is 7.91. The first-order valence-corrected chi connectivity index (χ1v) is 10.9. The van der Waals surface area contributed by atoms with E-state index in [4.69, 9.17) is 0 Å². The van der Waals surface area contributed by atoms with Crippen LogP contribution in [-0.2, 0) is 19.7 Å². The van der Waals surface area contributed by atoms with Gasteiger partial charge in [-0.15, -0.1) is 0 Å². The number of Topliss-reactive ketones (excluding diaryl/α,β-unsaturated/α-hetero) is 2. The molecule has 0 amide bonds. The molecule has 6 nitrogen and oxygen atoms in total. The highest BCUT2D eigenvalue weighted by Gasteiger charge is 2.42. The smallest absolute Gasteiger partial charge is 0.211 e. The summed E-state index contributed by atoms with van der Waals surface area (Å²) < 4.78 is 50.0. The number of hydrogen-bond acceptors (Lipinski definition) is 6. The minimum absolute atomic E-state index is 0.0470. The van der Waals surface area contributed by atoms with E-state index in [0.717, 1.165) is 18.2 Å². The number of fused-ring (bicyclic) bond motifs is 2. The zero-order chi connectivity index (χ0) is 19.4. The Hall–Kier alpha value is -2.84. The number of sulfone groups is 2. The molecule has 136 valence electrons. The molecule has 0 radical (unpaired) electrons. The van der Waals surface area contributed by atoms with Crippen LogP contribution in [0, 0.1) is 0 Å². The van der Waals surface area contributed by atoms with Gasteiger partial charge in [-0.2, -0.15) is 0 Å². The summed E-state index contributed by atoms with van der Waals surface area (Å²) in [6.45, 7) is 0. The number of rotatable bonds is 2. The SMILES string of the molecule is O=C1/C(=C/C=C/C2C(=O)c3ccccc3S2(=O)=O)S(=O)(=O)c2ccccc21. The Morgan fingerprint density at radius 2 is 1.37 bits per heavy atom. The standard InChI is InChI=1S/C19H12O6S2/c20-18-12-6-1-3-8-14(12)26(22,23)16(18)10-5-11-17-19(21)13-7-2-4-9-15(13)27(17,24)25/h1-11,16H/b10-5+,17-11-. The molecule has 0 fully saturated rings.